The summed E-state index contributed by atoms with van der Waals surface area (Å²) in [5.41, 5.74) is 1.27. The quantitative estimate of drug-likeness (QED) is 0.621. The van der Waals surface area contributed by atoms with E-state index in [-0.39, 0.29) is 11.6 Å². The molecule has 0 bridgehead atoms. The van der Waals surface area contributed by atoms with E-state index in [1.165, 1.54) is 12.1 Å². The molecule has 1 aromatic heterocycles. The van der Waals surface area contributed by atoms with Crippen LogP contribution in [0.2, 0.25) is 0 Å². The summed E-state index contributed by atoms with van der Waals surface area (Å²) in [6.07, 6.45) is 1.13. The van der Waals surface area contributed by atoms with E-state index in [0.717, 1.165) is 11.8 Å². The molecule has 0 aliphatic carbocycles. The second kappa shape index (κ2) is 5.14. The Balaban J connectivity index is 2.19. The van der Waals surface area contributed by atoms with Crippen molar-refractivity contribution in [3.63, 3.8) is 0 Å². The van der Waals surface area contributed by atoms with Crippen LogP contribution in [-0.4, -0.2) is 9.91 Å². The SMILES string of the molecule is Cc1cc(Oc2ccc([N+](=O)[O-])cn2)ccc1C#N. The largest absolute Gasteiger partial charge is 0.439 e. The Labute approximate surface area is 109 Å². The molecule has 6 nitrogen and oxygen atoms in total. The third-order valence-electron chi connectivity index (χ3n) is 2.47. The van der Waals surface area contributed by atoms with E-state index in [4.69, 9.17) is 10.00 Å². The highest BCUT2D eigenvalue weighted by Gasteiger charge is 2.07. The van der Waals surface area contributed by atoms with Gasteiger partial charge in [-0.2, -0.15) is 5.26 Å². The number of aryl methyl sites for hydroxylation is 1. The molecule has 19 heavy (non-hydrogen) atoms. The first-order valence-corrected chi connectivity index (χ1v) is 5.39. The summed E-state index contributed by atoms with van der Waals surface area (Å²) in [6.45, 7) is 1.80. The summed E-state index contributed by atoms with van der Waals surface area (Å²) < 4.78 is 5.45. The monoisotopic (exact) mass is 255 g/mol. The van der Waals surface area contributed by atoms with Crippen LogP contribution in [0.1, 0.15) is 11.1 Å². The average molecular weight is 255 g/mol. The van der Waals surface area contributed by atoms with Gasteiger partial charge >= 0.3 is 0 Å². The lowest BCUT2D eigenvalue weighted by molar-refractivity contribution is -0.385. The van der Waals surface area contributed by atoms with Gasteiger partial charge in [0.05, 0.1) is 16.6 Å². The predicted octanol–water partition coefficient (Wildman–Crippen LogP) is 2.96. The van der Waals surface area contributed by atoms with Gasteiger partial charge in [0.25, 0.3) is 5.69 Å². The molecule has 0 spiro atoms. The van der Waals surface area contributed by atoms with Crippen molar-refractivity contribution in [2.45, 2.75) is 6.92 Å². The van der Waals surface area contributed by atoms with Crippen LogP contribution < -0.4 is 4.74 Å². The molecule has 0 saturated heterocycles. The van der Waals surface area contributed by atoms with E-state index in [1.807, 2.05) is 0 Å². The molecule has 6 heteroatoms. The Morgan fingerprint density at radius 1 is 1.37 bits per heavy atom. The zero-order valence-corrected chi connectivity index (χ0v) is 10.0. The number of nitro groups is 1. The van der Waals surface area contributed by atoms with Crippen LogP contribution in [0.15, 0.2) is 36.5 Å². The van der Waals surface area contributed by atoms with Gasteiger partial charge in [0.15, 0.2) is 0 Å². The van der Waals surface area contributed by atoms with E-state index in [9.17, 15) is 10.1 Å². The molecular formula is C13H9N3O3. The highest BCUT2D eigenvalue weighted by atomic mass is 16.6. The third kappa shape index (κ3) is 2.84. The van der Waals surface area contributed by atoms with Crippen LogP contribution >= 0.6 is 0 Å². The van der Waals surface area contributed by atoms with E-state index in [2.05, 4.69) is 11.1 Å². The number of hydrogen-bond donors (Lipinski definition) is 0. The van der Waals surface area contributed by atoms with Gasteiger partial charge in [-0.3, -0.25) is 10.1 Å². The van der Waals surface area contributed by atoms with E-state index < -0.39 is 4.92 Å². The summed E-state index contributed by atoms with van der Waals surface area (Å²) in [5, 5.41) is 19.3. The first-order chi connectivity index (χ1) is 9.10. The van der Waals surface area contributed by atoms with Crippen LogP contribution in [-0.2, 0) is 0 Å². The lowest BCUT2D eigenvalue weighted by Gasteiger charge is -2.05. The van der Waals surface area contributed by atoms with Crippen LogP contribution in [0.4, 0.5) is 5.69 Å². The third-order valence-corrected chi connectivity index (χ3v) is 2.47. The highest BCUT2D eigenvalue weighted by Crippen LogP contribution is 2.23. The average Bonchev–Trinajstić information content (AvgIpc) is 2.39. The molecule has 0 unspecified atom stereocenters. The molecule has 0 atom stereocenters. The molecule has 0 saturated carbocycles. The second-order valence-electron chi connectivity index (χ2n) is 3.80. The van der Waals surface area contributed by atoms with Gasteiger partial charge in [0, 0.05) is 12.1 Å². The molecule has 0 N–H and O–H groups in total. The van der Waals surface area contributed by atoms with Crippen molar-refractivity contribution < 1.29 is 9.66 Å². The van der Waals surface area contributed by atoms with Gasteiger partial charge < -0.3 is 4.74 Å². The maximum absolute atomic E-state index is 10.5. The number of rotatable bonds is 3. The Morgan fingerprint density at radius 2 is 2.16 bits per heavy atom. The van der Waals surface area contributed by atoms with E-state index >= 15 is 0 Å². The fourth-order valence-electron chi connectivity index (χ4n) is 1.49. The van der Waals surface area contributed by atoms with Crippen molar-refractivity contribution in [2.24, 2.45) is 0 Å². The fourth-order valence-corrected chi connectivity index (χ4v) is 1.49. The number of aromatic nitrogens is 1. The van der Waals surface area contributed by atoms with Gasteiger partial charge in [-0.15, -0.1) is 0 Å². The molecule has 2 rings (SSSR count). The number of benzene rings is 1. The maximum atomic E-state index is 10.5. The van der Waals surface area contributed by atoms with Gasteiger partial charge in [0.2, 0.25) is 5.88 Å². The first kappa shape index (κ1) is 12.5. The summed E-state index contributed by atoms with van der Waals surface area (Å²) in [7, 11) is 0. The zero-order valence-electron chi connectivity index (χ0n) is 10.0. The van der Waals surface area contributed by atoms with Crippen LogP contribution in [0.3, 0.4) is 0 Å². The lowest BCUT2D eigenvalue weighted by atomic mass is 10.1. The summed E-state index contributed by atoms with van der Waals surface area (Å²) in [6, 6.07) is 9.81. The van der Waals surface area contributed by atoms with Crippen LogP contribution in [0.25, 0.3) is 0 Å². The topological polar surface area (TPSA) is 89.1 Å². The van der Waals surface area contributed by atoms with Crippen molar-refractivity contribution in [1.82, 2.24) is 4.98 Å². The van der Waals surface area contributed by atoms with Gasteiger partial charge in [-0.1, -0.05) is 0 Å². The standard InChI is InChI=1S/C13H9N3O3/c1-9-6-12(4-2-10(9)7-14)19-13-5-3-11(8-15-13)16(17)18/h2-6,8H,1H3. The first-order valence-electron chi connectivity index (χ1n) is 5.39. The normalized spacial score (nSPS) is 9.68. The minimum absolute atomic E-state index is 0.0941. The molecule has 0 amide bonds. The summed E-state index contributed by atoms with van der Waals surface area (Å²) in [5.74, 6) is 0.785. The van der Waals surface area contributed by atoms with Crippen molar-refractivity contribution in [1.29, 1.82) is 5.26 Å². The molecule has 94 valence electrons. The van der Waals surface area contributed by atoms with Gasteiger partial charge in [-0.05, 0) is 30.7 Å². The molecule has 0 radical (unpaired) electrons. The highest BCUT2D eigenvalue weighted by molar-refractivity contribution is 5.43. The zero-order chi connectivity index (χ0) is 13.8. The van der Waals surface area contributed by atoms with Crippen molar-refractivity contribution >= 4 is 5.69 Å². The number of hydrogen-bond acceptors (Lipinski definition) is 5. The molecule has 1 heterocycles. The Morgan fingerprint density at radius 3 is 2.68 bits per heavy atom. The van der Waals surface area contributed by atoms with Gasteiger partial charge in [-0.25, -0.2) is 4.98 Å². The molecule has 0 fully saturated rings. The number of nitrogens with zero attached hydrogens (tertiary/aromatic N) is 3. The molecule has 0 aliphatic rings. The van der Waals surface area contributed by atoms with E-state index in [0.29, 0.717) is 11.3 Å². The van der Waals surface area contributed by atoms with Crippen molar-refractivity contribution in [3.05, 3.63) is 57.8 Å². The summed E-state index contributed by atoms with van der Waals surface area (Å²) in [4.78, 5) is 13.8. The van der Waals surface area contributed by atoms with Crippen molar-refractivity contribution in [2.75, 3.05) is 0 Å². The van der Waals surface area contributed by atoms with Gasteiger partial charge in [0.1, 0.15) is 11.9 Å². The Kier molecular flexibility index (Phi) is 3.39. The fraction of sp³-hybridized carbons (Fsp3) is 0.0769. The smallest absolute Gasteiger partial charge is 0.287 e. The molecular weight excluding hydrogens is 246 g/mol. The molecule has 2 aromatic rings. The number of ether oxygens (including phenoxy) is 1. The lowest BCUT2D eigenvalue weighted by Crippen LogP contribution is -1.92. The predicted molar refractivity (Wildman–Crippen MR) is 66.9 cm³/mol. The van der Waals surface area contributed by atoms with Crippen molar-refractivity contribution in [3.8, 4) is 17.7 Å². The second-order valence-corrected chi connectivity index (χ2v) is 3.80. The Hall–Kier alpha value is -2.94. The Bertz CT molecular complexity index is 660. The summed E-state index contributed by atoms with van der Waals surface area (Å²) >= 11 is 0. The minimum atomic E-state index is -0.525. The van der Waals surface area contributed by atoms with Crippen LogP contribution in [0.5, 0.6) is 11.6 Å². The number of pyridine rings is 1. The van der Waals surface area contributed by atoms with E-state index in [1.54, 1.807) is 25.1 Å². The molecule has 0 aliphatic heterocycles. The number of nitriles is 1. The minimum Gasteiger partial charge on any atom is -0.439 e. The maximum Gasteiger partial charge on any atom is 0.287 e. The molecule has 1 aromatic carbocycles. The van der Waals surface area contributed by atoms with Crippen LogP contribution in [0, 0.1) is 28.4 Å².